The molecule has 1 saturated heterocycles. The van der Waals surface area contributed by atoms with Gasteiger partial charge in [-0.25, -0.2) is 4.39 Å². The summed E-state index contributed by atoms with van der Waals surface area (Å²) in [6.45, 7) is 4.06. The van der Waals surface area contributed by atoms with E-state index in [4.69, 9.17) is 0 Å². The Kier molecular flexibility index (Phi) is 1.67. The molecule has 0 atom stereocenters. The molecule has 0 saturated carbocycles. The van der Waals surface area contributed by atoms with Gasteiger partial charge in [0.2, 0.25) is 0 Å². The molecular weight excluding hydrogens is 133 g/mol. The van der Waals surface area contributed by atoms with Crippen molar-refractivity contribution in [3.8, 4) is 0 Å². The Morgan fingerprint density at radius 1 is 1.50 bits per heavy atom. The Morgan fingerprint density at radius 2 is 2.00 bits per heavy atom. The maximum absolute atomic E-state index is 12.9. The first-order chi connectivity index (χ1) is 4.52. The minimum atomic E-state index is -1.68. The predicted octanol–water partition coefficient (Wildman–Crippen LogP) is 0.967. The van der Waals surface area contributed by atoms with Gasteiger partial charge in [0.1, 0.15) is 0 Å². The highest BCUT2D eigenvalue weighted by molar-refractivity contribution is 5.84. The lowest BCUT2D eigenvalue weighted by atomic mass is 10.1. The largest absolute Gasteiger partial charge is 0.340 e. The van der Waals surface area contributed by atoms with E-state index in [2.05, 4.69) is 0 Å². The van der Waals surface area contributed by atoms with Crippen LogP contribution in [-0.2, 0) is 4.79 Å². The van der Waals surface area contributed by atoms with Crippen molar-refractivity contribution in [2.24, 2.45) is 0 Å². The zero-order valence-electron chi connectivity index (χ0n) is 6.35. The summed E-state index contributed by atoms with van der Waals surface area (Å²) in [5.41, 5.74) is -1.68. The molecule has 0 unspecified atom stereocenters. The number of hydrogen-bond acceptors (Lipinski definition) is 1. The van der Waals surface area contributed by atoms with Gasteiger partial charge in [0.25, 0.3) is 5.91 Å². The van der Waals surface area contributed by atoms with Crippen LogP contribution in [0.15, 0.2) is 0 Å². The summed E-state index contributed by atoms with van der Waals surface area (Å²) >= 11 is 0. The van der Waals surface area contributed by atoms with Crippen LogP contribution in [0.1, 0.15) is 20.3 Å². The van der Waals surface area contributed by atoms with Gasteiger partial charge >= 0.3 is 0 Å². The SMILES string of the molecule is CC(C)(F)C(=O)N1CCC1. The van der Waals surface area contributed by atoms with Gasteiger partial charge in [-0.15, -0.1) is 0 Å². The Balaban J connectivity index is 2.48. The summed E-state index contributed by atoms with van der Waals surface area (Å²) in [7, 11) is 0. The molecule has 1 aliphatic rings. The lowest BCUT2D eigenvalue weighted by Gasteiger charge is -2.34. The van der Waals surface area contributed by atoms with Gasteiger partial charge < -0.3 is 4.90 Å². The monoisotopic (exact) mass is 145 g/mol. The minimum Gasteiger partial charge on any atom is -0.340 e. The van der Waals surface area contributed by atoms with Crippen LogP contribution in [0, 0.1) is 0 Å². The average molecular weight is 145 g/mol. The molecule has 1 amide bonds. The molecule has 0 aromatic heterocycles. The van der Waals surface area contributed by atoms with Crippen LogP contribution >= 0.6 is 0 Å². The Bertz CT molecular complexity index is 146. The van der Waals surface area contributed by atoms with Gasteiger partial charge in [0.15, 0.2) is 5.67 Å². The van der Waals surface area contributed by atoms with Gasteiger partial charge in [-0.1, -0.05) is 0 Å². The third-order valence-electron chi connectivity index (χ3n) is 1.65. The normalized spacial score (nSPS) is 18.5. The van der Waals surface area contributed by atoms with Gasteiger partial charge in [0.05, 0.1) is 0 Å². The highest BCUT2D eigenvalue weighted by Gasteiger charge is 2.33. The first-order valence-electron chi connectivity index (χ1n) is 3.50. The van der Waals surface area contributed by atoms with Gasteiger partial charge in [-0.05, 0) is 20.3 Å². The Hall–Kier alpha value is -0.600. The highest BCUT2D eigenvalue weighted by atomic mass is 19.1. The maximum Gasteiger partial charge on any atom is 0.259 e. The summed E-state index contributed by atoms with van der Waals surface area (Å²) in [6, 6.07) is 0. The number of carbonyl (C=O) groups excluding carboxylic acids is 1. The second-order valence-corrected chi connectivity index (χ2v) is 3.12. The molecule has 0 aliphatic carbocycles. The molecule has 0 spiro atoms. The lowest BCUT2D eigenvalue weighted by molar-refractivity contribution is -0.145. The molecule has 1 heterocycles. The highest BCUT2D eigenvalue weighted by Crippen LogP contribution is 2.17. The number of amides is 1. The molecule has 0 N–H and O–H groups in total. The zero-order chi connectivity index (χ0) is 7.78. The van der Waals surface area contributed by atoms with Crippen molar-refractivity contribution >= 4 is 5.91 Å². The number of rotatable bonds is 1. The van der Waals surface area contributed by atoms with Gasteiger partial charge in [-0.2, -0.15) is 0 Å². The van der Waals surface area contributed by atoms with Crippen molar-refractivity contribution in [2.75, 3.05) is 13.1 Å². The zero-order valence-corrected chi connectivity index (χ0v) is 6.35. The van der Waals surface area contributed by atoms with Crippen LogP contribution in [0.25, 0.3) is 0 Å². The van der Waals surface area contributed by atoms with E-state index in [0.717, 1.165) is 19.5 Å². The van der Waals surface area contributed by atoms with Crippen molar-refractivity contribution in [3.05, 3.63) is 0 Å². The summed E-state index contributed by atoms with van der Waals surface area (Å²) < 4.78 is 12.9. The molecule has 1 rings (SSSR count). The first-order valence-corrected chi connectivity index (χ1v) is 3.50. The fraction of sp³-hybridized carbons (Fsp3) is 0.857. The molecule has 1 aliphatic heterocycles. The predicted molar refractivity (Wildman–Crippen MR) is 36.4 cm³/mol. The van der Waals surface area contributed by atoms with E-state index in [-0.39, 0.29) is 5.91 Å². The molecule has 2 nitrogen and oxygen atoms in total. The van der Waals surface area contributed by atoms with Crippen LogP contribution in [0.2, 0.25) is 0 Å². The topological polar surface area (TPSA) is 20.3 Å². The van der Waals surface area contributed by atoms with Crippen molar-refractivity contribution in [2.45, 2.75) is 25.9 Å². The molecule has 0 aromatic carbocycles. The van der Waals surface area contributed by atoms with E-state index < -0.39 is 5.67 Å². The number of hydrogen-bond donors (Lipinski definition) is 0. The molecule has 1 fully saturated rings. The smallest absolute Gasteiger partial charge is 0.259 e. The number of carbonyl (C=O) groups is 1. The van der Waals surface area contributed by atoms with Crippen molar-refractivity contribution in [1.29, 1.82) is 0 Å². The average Bonchev–Trinajstić information content (AvgIpc) is 1.57. The lowest BCUT2D eigenvalue weighted by Crippen LogP contribution is -2.49. The molecular formula is C7H12FNO. The van der Waals surface area contributed by atoms with Crippen LogP contribution in [-0.4, -0.2) is 29.6 Å². The van der Waals surface area contributed by atoms with E-state index in [1.165, 1.54) is 13.8 Å². The molecule has 0 bridgehead atoms. The van der Waals surface area contributed by atoms with Crippen molar-refractivity contribution < 1.29 is 9.18 Å². The number of nitrogens with zero attached hydrogens (tertiary/aromatic N) is 1. The van der Waals surface area contributed by atoms with E-state index in [1.54, 1.807) is 4.90 Å². The molecule has 0 aromatic rings. The van der Waals surface area contributed by atoms with Crippen LogP contribution in [0.5, 0.6) is 0 Å². The standard InChI is InChI=1S/C7H12FNO/c1-7(2,8)6(10)9-4-3-5-9/h3-5H2,1-2H3. The van der Waals surface area contributed by atoms with Crippen LogP contribution in [0.3, 0.4) is 0 Å². The van der Waals surface area contributed by atoms with Crippen LogP contribution in [0.4, 0.5) is 4.39 Å². The molecule has 0 radical (unpaired) electrons. The molecule has 3 heteroatoms. The quantitative estimate of drug-likeness (QED) is 0.538. The number of likely N-dealkylation sites (tertiary alicyclic amines) is 1. The maximum atomic E-state index is 12.9. The number of halogens is 1. The molecule has 10 heavy (non-hydrogen) atoms. The number of alkyl halides is 1. The second kappa shape index (κ2) is 2.22. The van der Waals surface area contributed by atoms with Crippen molar-refractivity contribution in [3.63, 3.8) is 0 Å². The van der Waals surface area contributed by atoms with E-state index in [9.17, 15) is 9.18 Å². The fourth-order valence-corrected chi connectivity index (χ4v) is 0.895. The van der Waals surface area contributed by atoms with Gasteiger partial charge in [0, 0.05) is 13.1 Å². The van der Waals surface area contributed by atoms with E-state index in [1.807, 2.05) is 0 Å². The summed E-state index contributed by atoms with van der Waals surface area (Å²) in [4.78, 5) is 12.5. The minimum absolute atomic E-state index is 0.376. The third-order valence-corrected chi connectivity index (χ3v) is 1.65. The van der Waals surface area contributed by atoms with Crippen molar-refractivity contribution in [1.82, 2.24) is 4.90 Å². The fourth-order valence-electron chi connectivity index (χ4n) is 0.895. The first kappa shape index (κ1) is 7.51. The summed E-state index contributed by atoms with van der Waals surface area (Å²) in [5.74, 6) is -0.376. The van der Waals surface area contributed by atoms with E-state index in [0.29, 0.717) is 0 Å². The summed E-state index contributed by atoms with van der Waals surface area (Å²) in [6.07, 6.45) is 1.02. The van der Waals surface area contributed by atoms with E-state index >= 15 is 0 Å². The van der Waals surface area contributed by atoms with Crippen LogP contribution < -0.4 is 0 Å². The third kappa shape index (κ3) is 1.28. The second-order valence-electron chi connectivity index (χ2n) is 3.12. The molecule has 58 valence electrons. The Morgan fingerprint density at radius 3 is 2.10 bits per heavy atom. The Labute approximate surface area is 60.0 Å². The summed E-state index contributed by atoms with van der Waals surface area (Å²) in [5, 5.41) is 0. The van der Waals surface area contributed by atoms with Gasteiger partial charge in [-0.3, -0.25) is 4.79 Å².